The predicted octanol–water partition coefficient (Wildman–Crippen LogP) is 3.38. The first kappa shape index (κ1) is 21.3. The Morgan fingerprint density at radius 3 is 2.52 bits per heavy atom. The third-order valence-electron chi connectivity index (χ3n) is 6.29. The van der Waals surface area contributed by atoms with E-state index in [1.807, 2.05) is 0 Å². The molecule has 1 unspecified atom stereocenters. The quantitative estimate of drug-likeness (QED) is 0.293. The number of piperidine rings is 1. The molecular weight excluding hydrogens is 401 g/mol. The van der Waals surface area contributed by atoms with Crippen LogP contribution in [0.5, 0.6) is 0 Å². The lowest BCUT2D eigenvalue weighted by Gasteiger charge is -2.34. The van der Waals surface area contributed by atoms with Crippen molar-refractivity contribution in [3.63, 3.8) is 0 Å². The lowest BCUT2D eigenvalue weighted by Crippen LogP contribution is -2.40. The van der Waals surface area contributed by atoms with Crippen LogP contribution in [-0.2, 0) is 11.3 Å². The Kier molecular flexibility index (Phi) is 6.20. The van der Waals surface area contributed by atoms with Crippen molar-refractivity contribution in [1.82, 2.24) is 9.80 Å². The summed E-state index contributed by atoms with van der Waals surface area (Å²) in [6, 6.07) is 9.91. The van der Waals surface area contributed by atoms with Crippen molar-refractivity contribution in [2.45, 2.75) is 25.4 Å². The molecule has 8 heteroatoms. The van der Waals surface area contributed by atoms with Gasteiger partial charge in [-0.3, -0.25) is 24.7 Å². The van der Waals surface area contributed by atoms with Crippen LogP contribution in [0.4, 0.5) is 10.1 Å². The largest absolute Gasteiger partial charge is 0.301 e. The van der Waals surface area contributed by atoms with E-state index in [4.69, 9.17) is 0 Å². The Hall–Kier alpha value is -2.97. The number of benzene rings is 2. The normalized spacial score (nSPS) is 19.8. The Labute approximate surface area is 179 Å². The van der Waals surface area contributed by atoms with Gasteiger partial charge in [-0.25, -0.2) is 4.39 Å². The number of likely N-dealkylation sites (tertiary alicyclic amines) is 1. The Morgan fingerprint density at radius 1 is 1.16 bits per heavy atom. The molecule has 2 aliphatic heterocycles. The van der Waals surface area contributed by atoms with Gasteiger partial charge in [0.05, 0.1) is 17.5 Å². The van der Waals surface area contributed by atoms with E-state index < -0.39 is 11.0 Å². The highest BCUT2D eigenvalue weighted by molar-refractivity contribution is 5.97. The topological polar surface area (TPSA) is 83.8 Å². The molecule has 0 aliphatic carbocycles. The van der Waals surface area contributed by atoms with E-state index in [0.717, 1.165) is 49.9 Å². The highest BCUT2D eigenvalue weighted by Crippen LogP contribution is 2.36. The number of fused-ring (bicyclic) bond motifs is 1. The van der Waals surface area contributed by atoms with Gasteiger partial charge < -0.3 is 4.79 Å². The molecule has 2 aromatic rings. The van der Waals surface area contributed by atoms with Gasteiger partial charge in [-0.2, -0.15) is 0 Å². The van der Waals surface area contributed by atoms with E-state index in [-0.39, 0.29) is 17.3 Å². The summed E-state index contributed by atoms with van der Waals surface area (Å²) in [5, 5.41) is 11.1. The maximum atomic E-state index is 13.0. The van der Waals surface area contributed by atoms with Crippen LogP contribution in [0.2, 0.25) is 0 Å². The van der Waals surface area contributed by atoms with Crippen molar-refractivity contribution in [2.24, 2.45) is 5.92 Å². The molecule has 0 bridgehead atoms. The Bertz CT molecular complexity index is 987. The van der Waals surface area contributed by atoms with Gasteiger partial charge in [0.25, 0.3) is 5.69 Å². The first-order chi connectivity index (χ1) is 14.9. The fourth-order valence-electron chi connectivity index (χ4n) is 4.56. The third-order valence-corrected chi connectivity index (χ3v) is 6.29. The number of ketones is 1. The number of aldehydes is 1. The van der Waals surface area contributed by atoms with Crippen molar-refractivity contribution >= 4 is 17.8 Å². The lowest BCUT2D eigenvalue weighted by atomic mass is 9.95. The predicted molar refractivity (Wildman–Crippen MR) is 112 cm³/mol. The number of hydrogen-bond donors (Lipinski definition) is 0. The van der Waals surface area contributed by atoms with Crippen LogP contribution >= 0.6 is 0 Å². The van der Waals surface area contributed by atoms with E-state index in [0.29, 0.717) is 24.6 Å². The standard InChI is InChI=1S/C23H24FN3O4/c24-19-4-1-17(2-5-19)23(29)14-25-9-7-16(8-10-25)12-26-13-18-3-6-20(27(30)31)11-21(18)22(26)15-28/h1-6,11,15-16,22H,7-10,12-14H2. The van der Waals surface area contributed by atoms with E-state index in [9.17, 15) is 24.1 Å². The summed E-state index contributed by atoms with van der Waals surface area (Å²) in [7, 11) is 0. The first-order valence-electron chi connectivity index (χ1n) is 10.4. The molecule has 1 saturated heterocycles. The summed E-state index contributed by atoms with van der Waals surface area (Å²) in [4.78, 5) is 39.0. The molecule has 0 N–H and O–H groups in total. The molecule has 0 amide bonds. The van der Waals surface area contributed by atoms with E-state index in [2.05, 4.69) is 9.80 Å². The second kappa shape index (κ2) is 9.03. The number of non-ortho nitro benzene ring substituents is 1. The van der Waals surface area contributed by atoms with Crippen LogP contribution in [0, 0.1) is 21.8 Å². The number of hydrogen-bond acceptors (Lipinski definition) is 6. The average Bonchev–Trinajstić information content (AvgIpc) is 3.11. The monoisotopic (exact) mass is 425 g/mol. The second-order valence-electron chi connectivity index (χ2n) is 8.30. The first-order valence-corrected chi connectivity index (χ1v) is 10.4. The number of nitro benzene ring substituents is 1. The smallest absolute Gasteiger partial charge is 0.269 e. The van der Waals surface area contributed by atoms with Gasteiger partial charge in [0.1, 0.15) is 12.1 Å². The zero-order chi connectivity index (χ0) is 22.0. The minimum absolute atomic E-state index is 0.00609. The molecule has 0 radical (unpaired) electrons. The summed E-state index contributed by atoms with van der Waals surface area (Å²) in [6.45, 7) is 3.24. The molecule has 7 nitrogen and oxygen atoms in total. The van der Waals surface area contributed by atoms with Crippen molar-refractivity contribution in [3.05, 3.63) is 75.1 Å². The van der Waals surface area contributed by atoms with Crippen molar-refractivity contribution < 1.29 is 18.9 Å². The van der Waals surface area contributed by atoms with Gasteiger partial charge in [-0.1, -0.05) is 6.07 Å². The second-order valence-corrected chi connectivity index (χ2v) is 8.30. The van der Waals surface area contributed by atoms with Crippen LogP contribution in [0.3, 0.4) is 0 Å². The lowest BCUT2D eigenvalue weighted by molar-refractivity contribution is -0.384. The molecule has 0 aromatic heterocycles. The highest BCUT2D eigenvalue weighted by Gasteiger charge is 2.33. The molecule has 2 aromatic carbocycles. The van der Waals surface area contributed by atoms with Crippen LogP contribution < -0.4 is 0 Å². The molecule has 1 atom stereocenters. The number of rotatable bonds is 7. The zero-order valence-corrected chi connectivity index (χ0v) is 17.1. The summed E-state index contributed by atoms with van der Waals surface area (Å²) < 4.78 is 13.0. The summed E-state index contributed by atoms with van der Waals surface area (Å²) in [6.07, 6.45) is 2.69. The van der Waals surface area contributed by atoms with E-state index >= 15 is 0 Å². The average molecular weight is 425 g/mol. The van der Waals surface area contributed by atoms with Crippen LogP contribution in [0.25, 0.3) is 0 Å². The van der Waals surface area contributed by atoms with Gasteiger partial charge in [-0.15, -0.1) is 0 Å². The van der Waals surface area contributed by atoms with E-state index in [1.165, 1.54) is 36.4 Å². The van der Waals surface area contributed by atoms with E-state index in [1.54, 1.807) is 6.07 Å². The van der Waals surface area contributed by atoms with Crippen LogP contribution in [0.1, 0.15) is 40.4 Å². The summed E-state index contributed by atoms with van der Waals surface area (Å²) >= 11 is 0. The molecule has 31 heavy (non-hydrogen) atoms. The Morgan fingerprint density at radius 2 is 1.87 bits per heavy atom. The minimum Gasteiger partial charge on any atom is -0.301 e. The van der Waals surface area contributed by atoms with Gasteiger partial charge in [0, 0.05) is 30.8 Å². The van der Waals surface area contributed by atoms with Gasteiger partial charge in [0.15, 0.2) is 5.78 Å². The maximum absolute atomic E-state index is 13.0. The third kappa shape index (κ3) is 4.70. The molecule has 2 heterocycles. The molecule has 0 saturated carbocycles. The molecule has 0 spiro atoms. The number of carbonyl (C=O) groups is 2. The minimum atomic E-state index is -0.451. The maximum Gasteiger partial charge on any atom is 0.269 e. The SMILES string of the molecule is O=CC1c2cc([N+](=O)[O-])ccc2CN1CC1CCN(CC(=O)c2ccc(F)cc2)CC1. The van der Waals surface area contributed by atoms with Crippen molar-refractivity contribution in [3.8, 4) is 0 Å². The fraction of sp³-hybridized carbons (Fsp3) is 0.391. The summed E-state index contributed by atoms with van der Waals surface area (Å²) in [5.74, 6) is 0.0182. The molecule has 1 fully saturated rings. The summed E-state index contributed by atoms with van der Waals surface area (Å²) in [5.41, 5.74) is 2.21. The highest BCUT2D eigenvalue weighted by atomic mass is 19.1. The number of nitrogens with zero attached hydrogens (tertiary/aromatic N) is 3. The zero-order valence-electron chi connectivity index (χ0n) is 17.1. The van der Waals surface area contributed by atoms with Crippen molar-refractivity contribution in [1.29, 1.82) is 0 Å². The molecule has 162 valence electrons. The number of nitro groups is 1. The van der Waals surface area contributed by atoms with Crippen LogP contribution in [-0.4, -0.2) is 53.0 Å². The number of Topliss-reactive ketones (excluding diaryl/α,β-unsaturated/α-hetero) is 1. The fourth-order valence-corrected chi connectivity index (χ4v) is 4.56. The van der Waals surface area contributed by atoms with Gasteiger partial charge >= 0.3 is 0 Å². The Balaban J connectivity index is 1.31. The van der Waals surface area contributed by atoms with Crippen LogP contribution in [0.15, 0.2) is 42.5 Å². The van der Waals surface area contributed by atoms with Crippen molar-refractivity contribution in [2.75, 3.05) is 26.2 Å². The number of carbonyl (C=O) groups excluding carboxylic acids is 2. The van der Waals surface area contributed by atoms with Gasteiger partial charge in [-0.05, 0) is 67.2 Å². The molecule has 2 aliphatic rings. The van der Waals surface area contributed by atoms with Gasteiger partial charge in [0.2, 0.25) is 0 Å². The molecular formula is C23H24FN3O4. The number of halogens is 1. The molecule has 4 rings (SSSR count).